The quantitative estimate of drug-likeness (QED) is 0.783. The fraction of sp³-hybridized carbons (Fsp3) is 0.333. The monoisotopic (exact) mass is 215 g/mol. The van der Waals surface area contributed by atoms with Crippen LogP contribution in [0.3, 0.4) is 0 Å². The van der Waals surface area contributed by atoms with Crippen LogP contribution in [0.2, 0.25) is 0 Å². The van der Waals surface area contributed by atoms with E-state index in [9.17, 15) is 4.79 Å². The van der Waals surface area contributed by atoms with E-state index in [2.05, 4.69) is 15.0 Å². The van der Waals surface area contributed by atoms with Crippen molar-refractivity contribution in [2.24, 2.45) is 5.92 Å². The molecule has 0 bridgehead atoms. The third-order valence-electron chi connectivity index (χ3n) is 2.39. The molecule has 0 amide bonds. The van der Waals surface area contributed by atoms with E-state index in [0.717, 1.165) is 11.2 Å². The van der Waals surface area contributed by atoms with Gasteiger partial charge in [-0.1, -0.05) is 13.8 Å². The van der Waals surface area contributed by atoms with E-state index >= 15 is 0 Å². The number of nitrogens with zero attached hydrogens (tertiary/aromatic N) is 3. The highest BCUT2D eigenvalue weighted by Crippen LogP contribution is 2.08. The molecule has 2 heterocycles. The Morgan fingerprint density at radius 3 is 2.75 bits per heavy atom. The average molecular weight is 215 g/mol. The zero-order valence-corrected chi connectivity index (χ0v) is 9.34. The van der Waals surface area contributed by atoms with Gasteiger partial charge in [0.25, 0.3) is 0 Å². The molecular weight excluding hydrogens is 202 g/mol. The van der Waals surface area contributed by atoms with E-state index < -0.39 is 0 Å². The van der Waals surface area contributed by atoms with Crippen LogP contribution in [0.4, 0.5) is 0 Å². The Balaban J connectivity index is 2.29. The number of carbonyl (C=O) groups excluding carboxylic acids is 1. The molecular formula is C12H13N3O. The lowest BCUT2D eigenvalue weighted by Crippen LogP contribution is -2.11. The number of aromatic nitrogens is 3. The number of rotatable bonds is 3. The lowest BCUT2D eigenvalue weighted by molar-refractivity contribution is -0.121. The summed E-state index contributed by atoms with van der Waals surface area (Å²) in [6.45, 7) is 3.78. The Bertz CT molecular complexity index is 522. The van der Waals surface area contributed by atoms with Gasteiger partial charge in [0.1, 0.15) is 11.3 Å². The Morgan fingerprint density at radius 2 is 2.00 bits per heavy atom. The van der Waals surface area contributed by atoms with Crippen LogP contribution in [-0.2, 0) is 11.2 Å². The van der Waals surface area contributed by atoms with E-state index in [4.69, 9.17) is 0 Å². The summed E-state index contributed by atoms with van der Waals surface area (Å²) in [5, 5.41) is 0. The molecule has 0 saturated heterocycles. The highest BCUT2D eigenvalue weighted by Gasteiger charge is 2.09. The van der Waals surface area contributed by atoms with Crippen molar-refractivity contribution in [3.05, 3.63) is 30.2 Å². The average Bonchev–Trinajstić information content (AvgIpc) is 2.28. The van der Waals surface area contributed by atoms with Gasteiger partial charge in [0, 0.05) is 24.7 Å². The van der Waals surface area contributed by atoms with Crippen molar-refractivity contribution in [1.82, 2.24) is 15.0 Å². The smallest absolute Gasteiger partial charge is 0.178 e. The normalized spacial score (nSPS) is 10.9. The van der Waals surface area contributed by atoms with Crippen LogP contribution in [0.5, 0.6) is 0 Å². The molecule has 2 rings (SSSR count). The van der Waals surface area contributed by atoms with Crippen LogP contribution in [0.1, 0.15) is 19.5 Å². The van der Waals surface area contributed by atoms with Crippen molar-refractivity contribution < 1.29 is 4.79 Å². The summed E-state index contributed by atoms with van der Waals surface area (Å²) in [5.41, 5.74) is 2.10. The second-order valence-electron chi connectivity index (χ2n) is 4.00. The molecule has 0 aromatic carbocycles. The van der Waals surface area contributed by atoms with Crippen molar-refractivity contribution >= 4 is 16.9 Å². The minimum atomic E-state index is 0.0411. The molecule has 2 aromatic rings. The molecule has 0 atom stereocenters. The molecule has 0 aliphatic rings. The molecule has 0 saturated carbocycles. The van der Waals surface area contributed by atoms with E-state index in [1.807, 2.05) is 26.0 Å². The van der Waals surface area contributed by atoms with Crippen LogP contribution in [0.15, 0.2) is 24.5 Å². The maximum Gasteiger partial charge on any atom is 0.178 e. The summed E-state index contributed by atoms with van der Waals surface area (Å²) in [6, 6.07) is 3.68. The van der Waals surface area contributed by atoms with Gasteiger partial charge < -0.3 is 0 Å². The first kappa shape index (κ1) is 10.7. The lowest BCUT2D eigenvalue weighted by Gasteiger charge is -2.03. The third kappa shape index (κ3) is 2.21. The molecule has 0 radical (unpaired) electrons. The number of hydrogen-bond donors (Lipinski definition) is 0. The molecule has 0 N–H and O–H groups in total. The fourth-order valence-electron chi connectivity index (χ4n) is 1.37. The van der Waals surface area contributed by atoms with Gasteiger partial charge in [0.2, 0.25) is 0 Å². The van der Waals surface area contributed by atoms with Gasteiger partial charge in [-0.05, 0) is 12.1 Å². The van der Waals surface area contributed by atoms with Crippen LogP contribution < -0.4 is 0 Å². The van der Waals surface area contributed by atoms with E-state index in [1.165, 1.54) is 0 Å². The molecule has 0 unspecified atom stereocenters. The Kier molecular flexibility index (Phi) is 2.90. The summed E-state index contributed by atoms with van der Waals surface area (Å²) < 4.78 is 0. The van der Waals surface area contributed by atoms with Crippen LogP contribution in [0.25, 0.3) is 11.2 Å². The minimum absolute atomic E-state index is 0.0411. The first-order chi connectivity index (χ1) is 7.66. The van der Waals surface area contributed by atoms with Crippen molar-refractivity contribution in [2.75, 3.05) is 0 Å². The standard InChI is InChI=1S/C12H13N3O/c1-8(2)11(16)7-9-3-4-10-12(15-9)14-6-5-13-10/h3-6,8H,7H2,1-2H3. The number of Topliss-reactive ketones (excluding diaryl/α,β-unsaturated/α-hetero) is 1. The van der Waals surface area contributed by atoms with Crippen LogP contribution in [0, 0.1) is 5.92 Å². The summed E-state index contributed by atoms with van der Waals surface area (Å²) in [4.78, 5) is 24.1. The molecule has 0 fully saturated rings. The Morgan fingerprint density at radius 1 is 1.25 bits per heavy atom. The van der Waals surface area contributed by atoms with Gasteiger partial charge in [0.15, 0.2) is 5.65 Å². The first-order valence-electron chi connectivity index (χ1n) is 5.26. The number of pyridine rings is 1. The second-order valence-corrected chi connectivity index (χ2v) is 4.00. The Labute approximate surface area is 93.8 Å². The fourth-order valence-corrected chi connectivity index (χ4v) is 1.37. The highest BCUT2D eigenvalue weighted by molar-refractivity contribution is 5.82. The second kappa shape index (κ2) is 4.35. The molecule has 16 heavy (non-hydrogen) atoms. The maximum absolute atomic E-state index is 11.6. The highest BCUT2D eigenvalue weighted by atomic mass is 16.1. The van der Waals surface area contributed by atoms with Gasteiger partial charge in [-0.2, -0.15) is 0 Å². The topological polar surface area (TPSA) is 55.7 Å². The SMILES string of the molecule is CC(C)C(=O)Cc1ccc2nccnc2n1. The number of carbonyl (C=O) groups is 1. The zero-order chi connectivity index (χ0) is 11.5. The predicted octanol–water partition coefficient (Wildman–Crippen LogP) is 1.79. The van der Waals surface area contributed by atoms with Crippen molar-refractivity contribution in [2.45, 2.75) is 20.3 Å². The number of hydrogen-bond acceptors (Lipinski definition) is 4. The number of fused-ring (bicyclic) bond motifs is 1. The molecule has 82 valence electrons. The van der Waals surface area contributed by atoms with Gasteiger partial charge in [-0.3, -0.25) is 9.78 Å². The molecule has 0 spiro atoms. The van der Waals surface area contributed by atoms with Crippen LogP contribution in [-0.4, -0.2) is 20.7 Å². The van der Waals surface area contributed by atoms with Gasteiger partial charge in [-0.15, -0.1) is 0 Å². The molecule has 0 aliphatic heterocycles. The third-order valence-corrected chi connectivity index (χ3v) is 2.39. The van der Waals surface area contributed by atoms with Crippen molar-refractivity contribution in [3.8, 4) is 0 Å². The molecule has 4 heteroatoms. The van der Waals surface area contributed by atoms with E-state index in [0.29, 0.717) is 12.1 Å². The Hall–Kier alpha value is -1.84. The predicted molar refractivity (Wildman–Crippen MR) is 60.9 cm³/mol. The molecule has 4 nitrogen and oxygen atoms in total. The first-order valence-corrected chi connectivity index (χ1v) is 5.26. The zero-order valence-electron chi connectivity index (χ0n) is 9.34. The summed E-state index contributed by atoms with van der Waals surface area (Å²) in [7, 11) is 0. The van der Waals surface area contributed by atoms with Crippen molar-refractivity contribution in [3.63, 3.8) is 0 Å². The summed E-state index contributed by atoms with van der Waals surface area (Å²) >= 11 is 0. The van der Waals surface area contributed by atoms with Gasteiger partial charge in [-0.25, -0.2) is 9.97 Å². The van der Waals surface area contributed by atoms with E-state index in [-0.39, 0.29) is 11.7 Å². The van der Waals surface area contributed by atoms with Gasteiger partial charge >= 0.3 is 0 Å². The summed E-state index contributed by atoms with van der Waals surface area (Å²) in [6.07, 6.45) is 3.59. The maximum atomic E-state index is 11.6. The summed E-state index contributed by atoms with van der Waals surface area (Å²) in [5.74, 6) is 0.232. The van der Waals surface area contributed by atoms with E-state index in [1.54, 1.807) is 12.4 Å². The number of ketones is 1. The largest absolute Gasteiger partial charge is 0.299 e. The van der Waals surface area contributed by atoms with Gasteiger partial charge in [0.05, 0.1) is 5.69 Å². The lowest BCUT2D eigenvalue weighted by atomic mass is 10.0. The molecule has 2 aromatic heterocycles. The minimum Gasteiger partial charge on any atom is -0.299 e. The van der Waals surface area contributed by atoms with Crippen LogP contribution >= 0.6 is 0 Å². The van der Waals surface area contributed by atoms with Crippen molar-refractivity contribution in [1.29, 1.82) is 0 Å². The molecule has 0 aliphatic carbocycles.